The van der Waals surface area contributed by atoms with E-state index >= 15 is 0 Å². The molecule has 3 aromatic rings. The fraction of sp³-hybridized carbons (Fsp3) is 0.0526. The molecule has 0 spiro atoms. The highest BCUT2D eigenvalue weighted by Crippen LogP contribution is 2.18. The van der Waals surface area contributed by atoms with Crippen molar-refractivity contribution in [3.8, 4) is 0 Å². The maximum absolute atomic E-state index is 13.0. The summed E-state index contributed by atoms with van der Waals surface area (Å²) in [7, 11) is -5.64. The second-order valence-corrected chi connectivity index (χ2v) is 7.70. The molecule has 0 saturated carbocycles. The first-order valence-corrected chi connectivity index (χ1v) is 9.46. The van der Waals surface area contributed by atoms with E-state index in [9.17, 15) is 18.5 Å². The summed E-state index contributed by atoms with van der Waals surface area (Å²) in [6.45, 7) is 1.88. The number of rotatable bonds is 5. The SMILES string of the molecule is Cc1ccc(S(=O)(=O)n2ccc(B(O)O)c2/C=C/c2ccccc2)cc1. The normalized spacial score (nSPS) is 11.8. The minimum atomic E-state index is -3.86. The van der Waals surface area contributed by atoms with Crippen LogP contribution < -0.4 is 5.46 Å². The van der Waals surface area contributed by atoms with Crippen molar-refractivity contribution in [2.24, 2.45) is 0 Å². The molecule has 3 rings (SSSR count). The van der Waals surface area contributed by atoms with Crippen LogP contribution in [0.4, 0.5) is 0 Å². The average Bonchev–Trinajstić information content (AvgIpc) is 3.06. The third-order valence-electron chi connectivity index (χ3n) is 4.01. The fourth-order valence-corrected chi connectivity index (χ4v) is 3.96. The first-order chi connectivity index (χ1) is 12.4. The second-order valence-electron chi connectivity index (χ2n) is 5.89. The molecule has 0 aliphatic rings. The van der Waals surface area contributed by atoms with E-state index in [4.69, 9.17) is 0 Å². The van der Waals surface area contributed by atoms with Crippen LogP contribution in [-0.2, 0) is 10.0 Å². The lowest BCUT2D eigenvalue weighted by Crippen LogP contribution is -2.32. The van der Waals surface area contributed by atoms with Crippen molar-refractivity contribution >= 4 is 34.8 Å². The van der Waals surface area contributed by atoms with Crippen molar-refractivity contribution < 1.29 is 18.5 Å². The molecule has 0 bridgehead atoms. The Labute approximate surface area is 153 Å². The minimum absolute atomic E-state index is 0.118. The van der Waals surface area contributed by atoms with Crippen LogP contribution in [0.5, 0.6) is 0 Å². The van der Waals surface area contributed by atoms with Gasteiger partial charge in [-0.3, -0.25) is 0 Å². The lowest BCUT2D eigenvalue weighted by atomic mass is 9.80. The summed E-state index contributed by atoms with van der Waals surface area (Å²) in [6, 6.07) is 17.2. The molecule has 0 amide bonds. The zero-order valence-corrected chi connectivity index (χ0v) is 15.0. The topological polar surface area (TPSA) is 79.5 Å². The van der Waals surface area contributed by atoms with Gasteiger partial charge in [-0.15, -0.1) is 0 Å². The summed E-state index contributed by atoms with van der Waals surface area (Å²) in [5, 5.41) is 19.2. The second kappa shape index (κ2) is 7.33. The van der Waals surface area contributed by atoms with E-state index in [2.05, 4.69) is 0 Å². The van der Waals surface area contributed by atoms with Gasteiger partial charge in [0.15, 0.2) is 0 Å². The van der Waals surface area contributed by atoms with Crippen LogP contribution in [0.15, 0.2) is 71.8 Å². The van der Waals surface area contributed by atoms with Crippen molar-refractivity contribution in [2.75, 3.05) is 0 Å². The molecule has 132 valence electrons. The Morgan fingerprint density at radius 2 is 1.58 bits per heavy atom. The predicted octanol–water partition coefficient (Wildman–Crippen LogP) is 1.88. The summed E-state index contributed by atoms with van der Waals surface area (Å²) < 4.78 is 27.0. The summed E-state index contributed by atoms with van der Waals surface area (Å²) in [4.78, 5) is 0.132. The molecule has 0 aliphatic heterocycles. The number of hydrogen-bond acceptors (Lipinski definition) is 4. The van der Waals surface area contributed by atoms with Crippen molar-refractivity contribution in [1.82, 2.24) is 3.97 Å². The Morgan fingerprint density at radius 1 is 0.923 bits per heavy atom. The van der Waals surface area contributed by atoms with Gasteiger partial charge in [0.05, 0.1) is 10.6 Å². The Bertz CT molecular complexity index is 1020. The molecule has 1 heterocycles. The number of aryl methyl sites for hydroxylation is 1. The molecule has 0 saturated heterocycles. The van der Waals surface area contributed by atoms with Crippen LogP contribution in [0.1, 0.15) is 16.8 Å². The van der Waals surface area contributed by atoms with Gasteiger partial charge in [-0.2, -0.15) is 0 Å². The van der Waals surface area contributed by atoms with Crippen LogP contribution in [-0.4, -0.2) is 29.6 Å². The predicted molar refractivity (Wildman–Crippen MR) is 103 cm³/mol. The van der Waals surface area contributed by atoms with Gasteiger partial charge in [0, 0.05) is 11.7 Å². The molecule has 0 unspecified atom stereocenters. The molecule has 5 nitrogen and oxygen atoms in total. The third-order valence-corrected chi connectivity index (χ3v) is 5.72. The molecule has 26 heavy (non-hydrogen) atoms. The van der Waals surface area contributed by atoms with Gasteiger partial charge < -0.3 is 10.0 Å². The first-order valence-electron chi connectivity index (χ1n) is 8.02. The summed E-state index contributed by atoms with van der Waals surface area (Å²) in [5.41, 5.74) is 2.13. The van der Waals surface area contributed by atoms with E-state index in [1.807, 2.05) is 37.3 Å². The zero-order valence-electron chi connectivity index (χ0n) is 14.1. The minimum Gasteiger partial charge on any atom is -0.423 e. The molecule has 0 fully saturated rings. The molecule has 0 radical (unpaired) electrons. The highest BCUT2D eigenvalue weighted by molar-refractivity contribution is 7.90. The summed E-state index contributed by atoms with van der Waals surface area (Å²) >= 11 is 0. The van der Waals surface area contributed by atoms with Crippen LogP contribution >= 0.6 is 0 Å². The number of aromatic nitrogens is 1. The van der Waals surface area contributed by atoms with Gasteiger partial charge in [-0.05, 0) is 36.8 Å². The van der Waals surface area contributed by atoms with Gasteiger partial charge in [-0.1, -0.05) is 54.1 Å². The van der Waals surface area contributed by atoms with E-state index in [1.165, 1.54) is 24.4 Å². The molecular formula is C19H18BNO4S. The highest BCUT2D eigenvalue weighted by Gasteiger charge is 2.25. The molecular weight excluding hydrogens is 349 g/mol. The van der Waals surface area contributed by atoms with Gasteiger partial charge in [-0.25, -0.2) is 12.4 Å². The van der Waals surface area contributed by atoms with Gasteiger partial charge >= 0.3 is 7.12 Å². The Balaban J connectivity index is 2.10. The van der Waals surface area contributed by atoms with Crippen LogP contribution in [0.2, 0.25) is 0 Å². The quantitative estimate of drug-likeness (QED) is 0.675. The number of hydrogen-bond donors (Lipinski definition) is 2. The standard InChI is InChI=1S/C19H18BNO4S/c1-15-7-10-17(11-8-15)26(24,25)21-14-13-18(20(22)23)19(21)12-9-16-5-3-2-4-6-16/h2-14,22-23H,1H3/b12-9+. The third kappa shape index (κ3) is 3.65. The average molecular weight is 367 g/mol. The van der Waals surface area contributed by atoms with Crippen molar-refractivity contribution in [3.05, 3.63) is 83.7 Å². The largest absolute Gasteiger partial charge is 0.490 e. The Kier molecular flexibility index (Phi) is 5.13. The lowest BCUT2D eigenvalue weighted by molar-refractivity contribution is 0.426. The zero-order chi connectivity index (χ0) is 18.7. The van der Waals surface area contributed by atoms with Crippen molar-refractivity contribution in [1.29, 1.82) is 0 Å². The molecule has 0 aliphatic carbocycles. The lowest BCUT2D eigenvalue weighted by Gasteiger charge is -2.10. The number of benzene rings is 2. The molecule has 2 aromatic carbocycles. The van der Waals surface area contributed by atoms with Crippen molar-refractivity contribution in [3.63, 3.8) is 0 Å². The highest BCUT2D eigenvalue weighted by atomic mass is 32.2. The van der Waals surface area contributed by atoms with Crippen LogP contribution in [0.3, 0.4) is 0 Å². The van der Waals surface area contributed by atoms with Gasteiger partial charge in [0.2, 0.25) is 0 Å². The first kappa shape index (κ1) is 18.2. The molecule has 2 N–H and O–H groups in total. The van der Waals surface area contributed by atoms with Gasteiger partial charge in [0.1, 0.15) is 0 Å². The van der Waals surface area contributed by atoms with E-state index in [0.29, 0.717) is 0 Å². The Morgan fingerprint density at radius 3 is 2.19 bits per heavy atom. The van der Waals surface area contributed by atoms with E-state index in [-0.39, 0.29) is 16.1 Å². The summed E-state index contributed by atoms with van der Waals surface area (Å²) in [6.07, 6.45) is 4.62. The fourth-order valence-electron chi connectivity index (χ4n) is 2.60. The van der Waals surface area contributed by atoms with Crippen LogP contribution in [0.25, 0.3) is 12.2 Å². The van der Waals surface area contributed by atoms with Crippen molar-refractivity contribution in [2.45, 2.75) is 11.8 Å². The molecule has 1 aromatic heterocycles. The van der Waals surface area contributed by atoms with Gasteiger partial charge in [0.25, 0.3) is 10.0 Å². The number of nitrogens with zero attached hydrogens (tertiary/aromatic N) is 1. The van der Waals surface area contributed by atoms with E-state index in [1.54, 1.807) is 24.3 Å². The van der Waals surface area contributed by atoms with E-state index in [0.717, 1.165) is 15.1 Å². The Hall–Kier alpha value is -2.61. The maximum Gasteiger partial charge on any atom is 0.490 e. The van der Waals surface area contributed by atoms with Crippen LogP contribution in [0, 0.1) is 6.92 Å². The molecule has 0 atom stereocenters. The molecule has 7 heteroatoms. The summed E-state index contributed by atoms with van der Waals surface area (Å²) in [5.74, 6) is 0. The smallest absolute Gasteiger partial charge is 0.423 e. The monoisotopic (exact) mass is 367 g/mol. The van der Waals surface area contributed by atoms with E-state index < -0.39 is 17.1 Å². The maximum atomic E-state index is 13.0.